The zero-order valence-corrected chi connectivity index (χ0v) is 11.5. The predicted octanol–water partition coefficient (Wildman–Crippen LogP) is 2.94. The summed E-state index contributed by atoms with van der Waals surface area (Å²) in [7, 11) is -3.15. The van der Waals surface area contributed by atoms with E-state index in [4.69, 9.17) is 0 Å². The van der Waals surface area contributed by atoms with E-state index < -0.39 is 9.84 Å². The second kappa shape index (κ2) is 3.85. The minimum Gasteiger partial charge on any atom is -0.344 e. The van der Waals surface area contributed by atoms with Crippen molar-refractivity contribution >= 4 is 20.7 Å². The van der Waals surface area contributed by atoms with Crippen molar-refractivity contribution in [3.05, 3.63) is 30.0 Å². The fraction of sp³-hybridized carbons (Fsp3) is 0.429. The molecule has 0 amide bonds. The number of aromatic nitrogens is 1. The number of nitrogens with zero attached hydrogens (tertiary/aromatic N) is 1. The molecule has 0 aliphatic carbocycles. The molecule has 1 aliphatic rings. The summed E-state index contributed by atoms with van der Waals surface area (Å²) in [5.41, 5.74) is 2.35. The van der Waals surface area contributed by atoms with E-state index in [2.05, 4.69) is 17.6 Å². The van der Waals surface area contributed by atoms with Crippen molar-refractivity contribution in [3.63, 3.8) is 0 Å². The third-order valence-electron chi connectivity index (χ3n) is 3.95. The number of benzene rings is 1. The van der Waals surface area contributed by atoms with Crippen molar-refractivity contribution in [2.24, 2.45) is 0 Å². The summed E-state index contributed by atoms with van der Waals surface area (Å²) in [5.74, 6) is 0.574. The van der Waals surface area contributed by atoms with Crippen molar-refractivity contribution < 1.29 is 8.42 Å². The minimum atomic E-state index is -3.15. The Hall–Kier alpha value is -1.29. The highest BCUT2D eigenvalue weighted by molar-refractivity contribution is 7.91. The molecule has 0 saturated heterocycles. The van der Waals surface area contributed by atoms with E-state index in [1.807, 2.05) is 12.1 Å². The van der Waals surface area contributed by atoms with Gasteiger partial charge in [-0.05, 0) is 31.0 Å². The van der Waals surface area contributed by atoms with Crippen LogP contribution in [-0.4, -0.2) is 19.2 Å². The third kappa shape index (κ3) is 1.59. The van der Waals surface area contributed by atoms with Gasteiger partial charge in [-0.2, -0.15) is 0 Å². The maximum absolute atomic E-state index is 11.8. The van der Waals surface area contributed by atoms with Crippen LogP contribution in [0.2, 0.25) is 0 Å². The van der Waals surface area contributed by atoms with Crippen molar-refractivity contribution in [1.82, 2.24) is 4.57 Å². The molecule has 3 nitrogen and oxygen atoms in total. The van der Waals surface area contributed by atoms with Crippen molar-refractivity contribution in [2.75, 3.05) is 6.26 Å². The number of hydrogen-bond donors (Lipinski definition) is 0. The first-order valence-corrected chi connectivity index (χ1v) is 8.23. The SMILES string of the molecule is CCC1CCn2c1cc1c(S(C)(=O)=O)cccc12. The highest BCUT2D eigenvalue weighted by Gasteiger charge is 2.25. The molecule has 0 spiro atoms. The van der Waals surface area contributed by atoms with E-state index in [1.165, 1.54) is 18.4 Å². The average molecular weight is 263 g/mol. The van der Waals surface area contributed by atoms with Gasteiger partial charge in [0, 0.05) is 35.3 Å². The molecule has 18 heavy (non-hydrogen) atoms. The summed E-state index contributed by atoms with van der Waals surface area (Å²) >= 11 is 0. The van der Waals surface area contributed by atoms with E-state index in [1.54, 1.807) is 6.07 Å². The number of sulfone groups is 1. The first-order chi connectivity index (χ1) is 8.52. The molecule has 1 aliphatic heterocycles. The van der Waals surface area contributed by atoms with Gasteiger partial charge in [0.2, 0.25) is 0 Å². The number of aryl methyl sites for hydroxylation is 1. The lowest BCUT2D eigenvalue weighted by atomic mass is 10.0. The molecule has 96 valence electrons. The Labute approximate surface area is 107 Å². The summed E-state index contributed by atoms with van der Waals surface area (Å²) in [4.78, 5) is 0.455. The number of hydrogen-bond acceptors (Lipinski definition) is 2. The van der Waals surface area contributed by atoms with Gasteiger partial charge in [0.1, 0.15) is 0 Å². The van der Waals surface area contributed by atoms with Gasteiger partial charge in [-0.1, -0.05) is 13.0 Å². The Bertz CT molecular complexity index is 713. The third-order valence-corrected chi connectivity index (χ3v) is 5.10. The monoisotopic (exact) mass is 263 g/mol. The summed E-state index contributed by atoms with van der Waals surface area (Å²) < 4.78 is 25.9. The highest BCUT2D eigenvalue weighted by atomic mass is 32.2. The standard InChI is InChI=1S/C14H17NO2S/c1-3-10-7-8-15-12-5-4-6-14(18(2,16)17)11(12)9-13(10)15/h4-6,9-10H,3,7-8H2,1-2H3. The van der Waals surface area contributed by atoms with E-state index in [0.717, 1.165) is 23.9 Å². The fourth-order valence-electron chi connectivity index (χ4n) is 3.03. The van der Waals surface area contributed by atoms with Gasteiger partial charge in [-0.15, -0.1) is 0 Å². The molecule has 1 aromatic carbocycles. The van der Waals surface area contributed by atoms with Crippen LogP contribution in [0.25, 0.3) is 10.9 Å². The zero-order chi connectivity index (χ0) is 12.9. The smallest absolute Gasteiger partial charge is 0.176 e. The Kier molecular flexibility index (Phi) is 2.52. The van der Waals surface area contributed by atoms with E-state index in [9.17, 15) is 8.42 Å². The Balaban J connectivity index is 2.33. The van der Waals surface area contributed by atoms with Crippen LogP contribution in [0.4, 0.5) is 0 Å². The number of fused-ring (bicyclic) bond motifs is 3. The molecule has 2 aromatic rings. The molecule has 4 heteroatoms. The van der Waals surface area contributed by atoms with Crippen LogP contribution in [0, 0.1) is 0 Å². The van der Waals surface area contributed by atoms with Crippen LogP contribution >= 0.6 is 0 Å². The molecule has 1 unspecified atom stereocenters. The molecule has 1 atom stereocenters. The molecular weight excluding hydrogens is 246 g/mol. The summed E-state index contributed by atoms with van der Waals surface area (Å²) in [6.07, 6.45) is 3.57. The lowest BCUT2D eigenvalue weighted by Crippen LogP contribution is -1.98. The number of rotatable bonds is 2. The highest BCUT2D eigenvalue weighted by Crippen LogP contribution is 2.37. The molecule has 0 saturated carbocycles. The Morgan fingerprint density at radius 3 is 2.83 bits per heavy atom. The lowest BCUT2D eigenvalue weighted by Gasteiger charge is -2.03. The second-order valence-corrected chi connectivity index (χ2v) is 7.06. The van der Waals surface area contributed by atoms with Crippen LogP contribution in [0.5, 0.6) is 0 Å². The predicted molar refractivity (Wildman–Crippen MR) is 72.7 cm³/mol. The van der Waals surface area contributed by atoms with Gasteiger partial charge < -0.3 is 4.57 Å². The van der Waals surface area contributed by atoms with Crippen LogP contribution in [0.3, 0.4) is 0 Å². The van der Waals surface area contributed by atoms with Gasteiger partial charge in [0.25, 0.3) is 0 Å². The van der Waals surface area contributed by atoms with Crippen molar-refractivity contribution in [2.45, 2.75) is 37.1 Å². The van der Waals surface area contributed by atoms with Crippen LogP contribution in [0.15, 0.2) is 29.2 Å². The molecule has 0 radical (unpaired) electrons. The Morgan fingerprint density at radius 1 is 1.39 bits per heavy atom. The molecule has 2 heterocycles. The first kappa shape index (κ1) is 11.8. The van der Waals surface area contributed by atoms with Gasteiger partial charge in [0.05, 0.1) is 4.90 Å². The largest absolute Gasteiger partial charge is 0.344 e. The molecule has 0 fully saturated rings. The second-order valence-electron chi connectivity index (χ2n) is 5.08. The van der Waals surface area contributed by atoms with Gasteiger partial charge in [-0.25, -0.2) is 8.42 Å². The van der Waals surface area contributed by atoms with Gasteiger partial charge in [-0.3, -0.25) is 0 Å². The molecule has 1 aromatic heterocycles. The van der Waals surface area contributed by atoms with Crippen molar-refractivity contribution in [1.29, 1.82) is 0 Å². The molecule has 0 N–H and O–H groups in total. The maximum Gasteiger partial charge on any atom is 0.176 e. The minimum absolute atomic E-state index is 0.455. The molecule has 3 rings (SSSR count). The maximum atomic E-state index is 11.8. The van der Waals surface area contributed by atoms with Crippen molar-refractivity contribution in [3.8, 4) is 0 Å². The van der Waals surface area contributed by atoms with Crippen LogP contribution < -0.4 is 0 Å². The van der Waals surface area contributed by atoms with E-state index in [0.29, 0.717) is 10.8 Å². The van der Waals surface area contributed by atoms with E-state index in [-0.39, 0.29) is 0 Å². The molecular formula is C14H17NO2S. The summed E-state index contributed by atoms with van der Waals surface area (Å²) in [6, 6.07) is 7.64. The summed E-state index contributed by atoms with van der Waals surface area (Å²) in [5, 5.41) is 0.883. The normalized spacial score (nSPS) is 19.3. The Morgan fingerprint density at radius 2 is 2.17 bits per heavy atom. The zero-order valence-electron chi connectivity index (χ0n) is 10.7. The van der Waals surface area contributed by atoms with Crippen LogP contribution in [0.1, 0.15) is 31.4 Å². The van der Waals surface area contributed by atoms with Gasteiger partial charge in [0.15, 0.2) is 9.84 Å². The topological polar surface area (TPSA) is 39.1 Å². The fourth-order valence-corrected chi connectivity index (χ4v) is 3.92. The van der Waals surface area contributed by atoms with E-state index >= 15 is 0 Å². The molecule has 0 bridgehead atoms. The van der Waals surface area contributed by atoms with Crippen LogP contribution in [-0.2, 0) is 16.4 Å². The van der Waals surface area contributed by atoms with Gasteiger partial charge >= 0.3 is 0 Å². The average Bonchev–Trinajstić information content (AvgIpc) is 2.84. The first-order valence-electron chi connectivity index (χ1n) is 6.34. The lowest BCUT2D eigenvalue weighted by molar-refractivity contribution is 0.602. The quantitative estimate of drug-likeness (QED) is 0.835. The summed E-state index contributed by atoms with van der Waals surface area (Å²) in [6.45, 7) is 3.19.